The molecular weight excluding hydrogens is 292 g/mol. The van der Waals surface area contributed by atoms with Crippen LogP contribution in [0.5, 0.6) is 11.5 Å². The SMILES string of the molecule is COc1cc(CO)c(OCCC(C)CCCC(C)C)cc1CO. The number of hydrogen-bond acceptors (Lipinski definition) is 4. The largest absolute Gasteiger partial charge is 0.496 e. The molecule has 0 saturated carbocycles. The lowest BCUT2D eigenvalue weighted by Gasteiger charge is -2.16. The zero-order chi connectivity index (χ0) is 17.2. The average Bonchev–Trinajstić information content (AvgIpc) is 2.53. The van der Waals surface area contributed by atoms with Crippen molar-refractivity contribution in [3.05, 3.63) is 23.3 Å². The minimum atomic E-state index is -0.114. The van der Waals surface area contributed by atoms with Gasteiger partial charge in [-0.05, 0) is 30.4 Å². The highest BCUT2D eigenvalue weighted by Crippen LogP contribution is 2.29. The smallest absolute Gasteiger partial charge is 0.125 e. The van der Waals surface area contributed by atoms with E-state index >= 15 is 0 Å². The first-order chi connectivity index (χ1) is 11.0. The molecule has 0 saturated heterocycles. The molecule has 0 heterocycles. The lowest BCUT2D eigenvalue weighted by atomic mass is 9.98. The van der Waals surface area contributed by atoms with E-state index in [4.69, 9.17) is 9.47 Å². The highest BCUT2D eigenvalue weighted by molar-refractivity contribution is 5.46. The molecule has 23 heavy (non-hydrogen) atoms. The number of rotatable bonds is 11. The fourth-order valence-electron chi connectivity index (χ4n) is 2.60. The van der Waals surface area contributed by atoms with Crippen molar-refractivity contribution < 1.29 is 19.7 Å². The Morgan fingerprint density at radius 3 is 2.09 bits per heavy atom. The van der Waals surface area contributed by atoms with E-state index in [2.05, 4.69) is 20.8 Å². The lowest BCUT2D eigenvalue weighted by molar-refractivity contribution is 0.245. The summed E-state index contributed by atoms with van der Waals surface area (Å²) in [5.74, 6) is 2.60. The third kappa shape index (κ3) is 6.80. The topological polar surface area (TPSA) is 58.9 Å². The standard InChI is InChI=1S/C19H32O4/c1-14(2)6-5-7-15(3)8-9-23-19-11-16(12-20)18(22-4)10-17(19)13-21/h10-11,14-15,20-21H,5-9,12-13H2,1-4H3. The quantitative estimate of drug-likeness (QED) is 0.648. The maximum Gasteiger partial charge on any atom is 0.125 e. The molecule has 0 aliphatic carbocycles. The van der Waals surface area contributed by atoms with Gasteiger partial charge in [-0.1, -0.05) is 40.0 Å². The van der Waals surface area contributed by atoms with Crippen LogP contribution in [-0.4, -0.2) is 23.9 Å². The number of aliphatic hydroxyl groups excluding tert-OH is 2. The first kappa shape index (κ1) is 19.8. The third-order valence-corrected chi connectivity index (χ3v) is 4.15. The van der Waals surface area contributed by atoms with E-state index in [1.165, 1.54) is 19.3 Å². The zero-order valence-electron chi connectivity index (χ0n) is 15.0. The summed E-state index contributed by atoms with van der Waals surface area (Å²) < 4.78 is 11.1. The van der Waals surface area contributed by atoms with Crippen molar-refractivity contribution in [2.75, 3.05) is 13.7 Å². The van der Waals surface area contributed by atoms with Crippen LogP contribution in [0.3, 0.4) is 0 Å². The highest BCUT2D eigenvalue weighted by Gasteiger charge is 2.11. The molecule has 4 heteroatoms. The molecule has 0 aliphatic heterocycles. The third-order valence-electron chi connectivity index (χ3n) is 4.15. The minimum Gasteiger partial charge on any atom is -0.496 e. The summed E-state index contributed by atoms with van der Waals surface area (Å²) in [5, 5.41) is 18.9. The van der Waals surface area contributed by atoms with E-state index < -0.39 is 0 Å². The maximum atomic E-state index is 9.48. The van der Waals surface area contributed by atoms with Crippen molar-refractivity contribution in [2.45, 2.75) is 59.7 Å². The number of hydrogen-bond donors (Lipinski definition) is 2. The fraction of sp³-hybridized carbons (Fsp3) is 0.684. The summed E-state index contributed by atoms with van der Waals surface area (Å²) in [6.07, 6.45) is 4.75. The van der Waals surface area contributed by atoms with Gasteiger partial charge in [-0.25, -0.2) is 0 Å². The molecular formula is C19H32O4. The molecule has 0 bridgehead atoms. The summed E-state index contributed by atoms with van der Waals surface area (Å²) in [6, 6.07) is 3.49. The van der Waals surface area contributed by atoms with Crippen LogP contribution in [0.15, 0.2) is 12.1 Å². The van der Waals surface area contributed by atoms with Gasteiger partial charge >= 0.3 is 0 Å². The molecule has 0 aliphatic rings. The Kier molecular flexibility index (Phi) is 9.03. The molecule has 1 aromatic carbocycles. The predicted octanol–water partition coefficient (Wildman–Crippen LogP) is 3.91. The van der Waals surface area contributed by atoms with Crippen LogP contribution >= 0.6 is 0 Å². The van der Waals surface area contributed by atoms with E-state index in [-0.39, 0.29) is 13.2 Å². The molecule has 4 nitrogen and oxygen atoms in total. The molecule has 1 rings (SSSR count). The van der Waals surface area contributed by atoms with Crippen LogP contribution in [0.4, 0.5) is 0 Å². The second kappa shape index (κ2) is 10.5. The number of aliphatic hydroxyl groups is 2. The molecule has 0 fully saturated rings. The van der Waals surface area contributed by atoms with Gasteiger partial charge in [-0.15, -0.1) is 0 Å². The molecule has 1 atom stereocenters. The van der Waals surface area contributed by atoms with Gasteiger partial charge in [0, 0.05) is 11.1 Å². The molecule has 1 unspecified atom stereocenters. The van der Waals surface area contributed by atoms with Gasteiger partial charge in [0.1, 0.15) is 11.5 Å². The Labute approximate surface area is 140 Å². The average molecular weight is 324 g/mol. The summed E-state index contributed by atoms with van der Waals surface area (Å²) >= 11 is 0. The van der Waals surface area contributed by atoms with Crippen LogP contribution in [0.2, 0.25) is 0 Å². The first-order valence-corrected chi connectivity index (χ1v) is 8.56. The molecule has 0 aromatic heterocycles. The number of methoxy groups -OCH3 is 1. The Hall–Kier alpha value is -1.26. The normalized spacial score (nSPS) is 12.5. The Bertz CT molecular complexity index is 457. The number of benzene rings is 1. The Morgan fingerprint density at radius 1 is 0.913 bits per heavy atom. The van der Waals surface area contributed by atoms with Crippen molar-refractivity contribution in [1.29, 1.82) is 0 Å². The first-order valence-electron chi connectivity index (χ1n) is 8.56. The van der Waals surface area contributed by atoms with E-state index in [9.17, 15) is 10.2 Å². The van der Waals surface area contributed by atoms with Crippen LogP contribution in [0.1, 0.15) is 57.6 Å². The zero-order valence-corrected chi connectivity index (χ0v) is 15.0. The van der Waals surface area contributed by atoms with Gasteiger partial charge in [0.2, 0.25) is 0 Å². The molecule has 0 radical (unpaired) electrons. The molecule has 2 N–H and O–H groups in total. The highest BCUT2D eigenvalue weighted by atomic mass is 16.5. The molecule has 1 aromatic rings. The van der Waals surface area contributed by atoms with Crippen molar-refractivity contribution in [3.63, 3.8) is 0 Å². The summed E-state index contributed by atoms with van der Waals surface area (Å²) in [7, 11) is 1.55. The fourth-order valence-corrected chi connectivity index (χ4v) is 2.60. The lowest BCUT2D eigenvalue weighted by Crippen LogP contribution is -2.07. The van der Waals surface area contributed by atoms with Crippen LogP contribution < -0.4 is 9.47 Å². The molecule has 0 amide bonds. The van der Waals surface area contributed by atoms with Crippen LogP contribution in [-0.2, 0) is 13.2 Å². The predicted molar refractivity (Wildman–Crippen MR) is 92.8 cm³/mol. The van der Waals surface area contributed by atoms with Crippen molar-refractivity contribution in [2.24, 2.45) is 11.8 Å². The van der Waals surface area contributed by atoms with Crippen molar-refractivity contribution in [3.8, 4) is 11.5 Å². The van der Waals surface area contributed by atoms with E-state index in [1.807, 2.05) is 0 Å². The second-order valence-electron chi connectivity index (χ2n) is 6.66. The van der Waals surface area contributed by atoms with Crippen molar-refractivity contribution >= 4 is 0 Å². The summed E-state index contributed by atoms with van der Waals surface area (Å²) in [5.41, 5.74) is 1.36. The van der Waals surface area contributed by atoms with E-state index in [0.29, 0.717) is 35.2 Å². The Balaban J connectivity index is 2.53. The monoisotopic (exact) mass is 324 g/mol. The van der Waals surface area contributed by atoms with Crippen LogP contribution in [0.25, 0.3) is 0 Å². The summed E-state index contributed by atoms with van der Waals surface area (Å²) in [6.45, 7) is 7.16. The van der Waals surface area contributed by atoms with Gasteiger partial charge in [0.25, 0.3) is 0 Å². The number of ether oxygens (including phenoxy) is 2. The minimum absolute atomic E-state index is 0.110. The van der Waals surface area contributed by atoms with Crippen molar-refractivity contribution in [1.82, 2.24) is 0 Å². The van der Waals surface area contributed by atoms with E-state index in [1.54, 1.807) is 19.2 Å². The second-order valence-corrected chi connectivity index (χ2v) is 6.66. The molecule has 0 spiro atoms. The van der Waals surface area contributed by atoms with Crippen LogP contribution in [0, 0.1) is 11.8 Å². The maximum absolute atomic E-state index is 9.48. The van der Waals surface area contributed by atoms with E-state index in [0.717, 1.165) is 12.3 Å². The van der Waals surface area contributed by atoms with Gasteiger partial charge in [-0.3, -0.25) is 0 Å². The molecule has 132 valence electrons. The van der Waals surface area contributed by atoms with Gasteiger partial charge < -0.3 is 19.7 Å². The van der Waals surface area contributed by atoms with Gasteiger partial charge in [0.15, 0.2) is 0 Å². The van der Waals surface area contributed by atoms with Gasteiger partial charge in [-0.2, -0.15) is 0 Å². The Morgan fingerprint density at radius 2 is 1.52 bits per heavy atom. The summed E-state index contributed by atoms with van der Waals surface area (Å²) in [4.78, 5) is 0. The van der Waals surface area contributed by atoms with Gasteiger partial charge in [0.05, 0.1) is 26.9 Å².